The van der Waals surface area contributed by atoms with Crippen molar-refractivity contribution in [1.29, 1.82) is 0 Å². The molecule has 0 spiro atoms. The van der Waals surface area contributed by atoms with E-state index in [-0.39, 0.29) is 34.4 Å². The Labute approximate surface area is 251 Å². The first-order valence-electron chi connectivity index (χ1n) is 13.4. The molecule has 0 radical (unpaired) electrons. The van der Waals surface area contributed by atoms with E-state index in [1.807, 2.05) is 0 Å². The predicted molar refractivity (Wildman–Crippen MR) is 162 cm³/mol. The summed E-state index contributed by atoms with van der Waals surface area (Å²) in [7, 11) is -1.51. The summed E-state index contributed by atoms with van der Waals surface area (Å²) in [6.07, 6.45) is 0. The van der Waals surface area contributed by atoms with Crippen molar-refractivity contribution in [1.82, 2.24) is 10.2 Å². The van der Waals surface area contributed by atoms with Crippen molar-refractivity contribution in [2.45, 2.75) is 51.2 Å². The second kappa shape index (κ2) is 14.0. The van der Waals surface area contributed by atoms with Gasteiger partial charge in [0, 0.05) is 24.2 Å². The highest BCUT2D eigenvalue weighted by Gasteiger charge is 2.33. The number of methoxy groups -OCH3 is 2. The van der Waals surface area contributed by atoms with Gasteiger partial charge in [-0.05, 0) is 75.7 Å². The zero-order chi connectivity index (χ0) is 31.9. The number of sulfonamides is 1. The van der Waals surface area contributed by atoms with E-state index in [4.69, 9.17) is 9.47 Å². The minimum absolute atomic E-state index is 0.00200. The van der Waals surface area contributed by atoms with Crippen molar-refractivity contribution in [3.8, 4) is 11.5 Å². The van der Waals surface area contributed by atoms with Crippen LogP contribution in [-0.4, -0.2) is 62.9 Å². The molecule has 0 saturated heterocycles. The van der Waals surface area contributed by atoms with Gasteiger partial charge in [0.1, 0.15) is 24.1 Å². The van der Waals surface area contributed by atoms with Crippen LogP contribution in [0.2, 0.25) is 0 Å². The molecular formula is C30H36N4O8S. The van der Waals surface area contributed by atoms with E-state index < -0.39 is 39.3 Å². The lowest BCUT2D eigenvalue weighted by atomic mass is 10.1. The lowest BCUT2D eigenvalue weighted by molar-refractivity contribution is -0.385. The molecule has 3 aromatic rings. The zero-order valence-electron chi connectivity index (χ0n) is 24.9. The molecule has 43 heavy (non-hydrogen) atoms. The number of nitrogens with zero attached hydrogens (tertiary/aromatic N) is 3. The third-order valence-corrected chi connectivity index (χ3v) is 8.48. The van der Waals surface area contributed by atoms with Gasteiger partial charge in [-0.25, -0.2) is 8.42 Å². The van der Waals surface area contributed by atoms with E-state index >= 15 is 0 Å². The molecule has 0 aromatic heterocycles. The van der Waals surface area contributed by atoms with Crippen molar-refractivity contribution in [3.63, 3.8) is 0 Å². The van der Waals surface area contributed by atoms with Crippen LogP contribution in [0.4, 0.5) is 11.4 Å². The third kappa shape index (κ3) is 8.01. The molecule has 0 bridgehead atoms. The molecule has 0 heterocycles. The number of amides is 2. The lowest BCUT2D eigenvalue weighted by Crippen LogP contribution is -2.52. The van der Waals surface area contributed by atoms with Gasteiger partial charge < -0.3 is 19.7 Å². The number of hydrogen-bond donors (Lipinski definition) is 1. The number of nitrogens with one attached hydrogen (secondary N) is 1. The maximum absolute atomic E-state index is 14.0. The van der Waals surface area contributed by atoms with Crippen molar-refractivity contribution in [2.75, 3.05) is 25.1 Å². The SMILES string of the molecule is COc1ccc(CN(C(=O)CN(c2ccc(OC)cc2)S(=O)(=O)c2ccc(C)c([N+](=O)[O-])c2)[C@@H](C)C(=O)NC(C)C)cc1. The highest BCUT2D eigenvalue weighted by molar-refractivity contribution is 7.92. The maximum Gasteiger partial charge on any atom is 0.273 e. The van der Waals surface area contributed by atoms with Gasteiger partial charge in [-0.2, -0.15) is 0 Å². The van der Waals surface area contributed by atoms with Gasteiger partial charge in [0.15, 0.2) is 0 Å². The Morgan fingerprint density at radius 1 is 0.930 bits per heavy atom. The van der Waals surface area contributed by atoms with Crippen LogP contribution in [0.25, 0.3) is 0 Å². The van der Waals surface area contributed by atoms with Crippen LogP contribution in [0.3, 0.4) is 0 Å². The highest BCUT2D eigenvalue weighted by atomic mass is 32.2. The summed E-state index contributed by atoms with van der Waals surface area (Å²) in [5.74, 6) is -0.0113. The van der Waals surface area contributed by atoms with Gasteiger partial charge in [-0.1, -0.05) is 18.2 Å². The molecule has 0 saturated carbocycles. The van der Waals surface area contributed by atoms with Crippen molar-refractivity contribution in [3.05, 3.63) is 88.0 Å². The van der Waals surface area contributed by atoms with Crippen LogP contribution in [0.15, 0.2) is 71.6 Å². The van der Waals surface area contributed by atoms with Crippen LogP contribution in [0.5, 0.6) is 11.5 Å². The molecule has 0 fully saturated rings. The van der Waals surface area contributed by atoms with Crippen molar-refractivity contribution < 1.29 is 32.4 Å². The molecule has 1 N–H and O–H groups in total. The van der Waals surface area contributed by atoms with Gasteiger partial charge in [0.05, 0.1) is 29.7 Å². The average Bonchev–Trinajstić information content (AvgIpc) is 2.98. The lowest BCUT2D eigenvalue weighted by Gasteiger charge is -2.32. The van der Waals surface area contributed by atoms with E-state index in [0.717, 1.165) is 10.4 Å². The van der Waals surface area contributed by atoms with Crippen LogP contribution < -0.4 is 19.1 Å². The molecule has 0 aliphatic rings. The van der Waals surface area contributed by atoms with Crippen molar-refractivity contribution >= 4 is 33.2 Å². The molecule has 0 aliphatic carbocycles. The Balaban J connectivity index is 2.08. The van der Waals surface area contributed by atoms with E-state index in [1.165, 1.54) is 62.4 Å². The molecule has 13 heteroatoms. The predicted octanol–water partition coefficient (Wildman–Crippen LogP) is 4.06. The molecule has 3 aromatic carbocycles. The van der Waals surface area contributed by atoms with Crippen LogP contribution in [0, 0.1) is 17.0 Å². The van der Waals surface area contributed by atoms with Gasteiger partial charge in [0.25, 0.3) is 15.7 Å². The zero-order valence-corrected chi connectivity index (χ0v) is 25.8. The first-order valence-corrected chi connectivity index (χ1v) is 14.9. The second-order valence-electron chi connectivity index (χ2n) is 10.1. The Bertz CT molecular complexity index is 1560. The minimum atomic E-state index is -4.50. The minimum Gasteiger partial charge on any atom is -0.497 e. The molecule has 3 rings (SSSR count). The number of nitro groups is 1. The number of aryl methyl sites for hydroxylation is 1. The number of rotatable bonds is 13. The molecule has 0 unspecified atom stereocenters. The highest BCUT2D eigenvalue weighted by Crippen LogP contribution is 2.29. The summed E-state index contributed by atoms with van der Waals surface area (Å²) in [4.78, 5) is 38.9. The number of carbonyl (C=O) groups excluding carboxylic acids is 2. The summed E-state index contributed by atoms with van der Waals surface area (Å²) in [6.45, 7) is 5.96. The number of carbonyl (C=O) groups is 2. The van der Waals surface area contributed by atoms with E-state index in [0.29, 0.717) is 17.1 Å². The van der Waals surface area contributed by atoms with Gasteiger partial charge in [-0.15, -0.1) is 0 Å². The van der Waals surface area contributed by atoms with Crippen LogP contribution in [0.1, 0.15) is 31.9 Å². The second-order valence-corrected chi connectivity index (χ2v) is 12.0. The standard InChI is InChI=1S/C30H36N4O8S/c1-20(2)31-30(36)22(4)32(18-23-8-12-25(41-5)13-9-23)29(35)19-33(24-10-14-26(42-6)15-11-24)43(39,40)27-16-7-21(3)28(17-27)34(37)38/h7-17,20,22H,18-19H2,1-6H3,(H,31,36)/t22-/m0/s1. The maximum atomic E-state index is 14.0. The van der Waals surface area contributed by atoms with Gasteiger partial charge >= 0.3 is 0 Å². The normalized spacial score (nSPS) is 11.9. The van der Waals surface area contributed by atoms with Crippen LogP contribution in [-0.2, 0) is 26.2 Å². The number of anilines is 1. The van der Waals surface area contributed by atoms with Gasteiger partial charge in [0.2, 0.25) is 11.8 Å². The molecular weight excluding hydrogens is 576 g/mol. The third-order valence-electron chi connectivity index (χ3n) is 6.71. The number of nitro benzene ring substituents is 1. The quantitative estimate of drug-likeness (QED) is 0.224. The summed E-state index contributed by atoms with van der Waals surface area (Å²) in [5, 5.41) is 14.4. The number of ether oxygens (including phenoxy) is 2. The Hall–Kier alpha value is -4.65. The summed E-state index contributed by atoms with van der Waals surface area (Å²) in [6, 6.07) is 15.3. The summed E-state index contributed by atoms with van der Waals surface area (Å²) >= 11 is 0. The van der Waals surface area contributed by atoms with Crippen LogP contribution >= 0.6 is 0 Å². The fraction of sp³-hybridized carbons (Fsp3) is 0.333. The van der Waals surface area contributed by atoms with Gasteiger partial charge in [-0.3, -0.25) is 24.0 Å². The molecule has 2 amide bonds. The summed E-state index contributed by atoms with van der Waals surface area (Å²) < 4.78 is 39.3. The molecule has 12 nitrogen and oxygen atoms in total. The summed E-state index contributed by atoms with van der Waals surface area (Å²) in [5.41, 5.74) is 0.723. The fourth-order valence-corrected chi connectivity index (χ4v) is 5.70. The Morgan fingerprint density at radius 3 is 2.00 bits per heavy atom. The molecule has 0 aliphatic heterocycles. The molecule has 230 valence electrons. The first-order chi connectivity index (χ1) is 20.3. The fourth-order valence-electron chi connectivity index (χ4n) is 4.27. The van der Waals surface area contributed by atoms with E-state index in [1.54, 1.807) is 45.0 Å². The largest absolute Gasteiger partial charge is 0.497 e. The molecule has 1 atom stereocenters. The number of hydrogen-bond acceptors (Lipinski definition) is 8. The number of benzene rings is 3. The topological polar surface area (TPSA) is 148 Å². The first kappa shape index (κ1) is 32.9. The monoisotopic (exact) mass is 612 g/mol. The average molecular weight is 613 g/mol. The van der Waals surface area contributed by atoms with E-state index in [2.05, 4.69) is 5.32 Å². The van der Waals surface area contributed by atoms with Crippen molar-refractivity contribution in [2.24, 2.45) is 0 Å². The Kier molecular flexibility index (Phi) is 10.7. The Morgan fingerprint density at radius 2 is 1.49 bits per heavy atom. The smallest absolute Gasteiger partial charge is 0.273 e. The van der Waals surface area contributed by atoms with E-state index in [9.17, 15) is 28.1 Å².